The number of benzene rings is 2. The van der Waals surface area contributed by atoms with Crippen molar-refractivity contribution in [3.05, 3.63) is 73.1 Å². The second kappa shape index (κ2) is 10.6. The van der Waals surface area contributed by atoms with Crippen molar-refractivity contribution in [2.24, 2.45) is 29.6 Å². The fourth-order valence-electron chi connectivity index (χ4n) is 8.41. The van der Waals surface area contributed by atoms with E-state index in [1.54, 1.807) is 11.8 Å². The number of aromatic nitrogens is 1. The van der Waals surface area contributed by atoms with Gasteiger partial charge in [0.15, 0.2) is 6.61 Å². The number of imide groups is 1. The summed E-state index contributed by atoms with van der Waals surface area (Å²) in [5.41, 5.74) is 1.63. The summed E-state index contributed by atoms with van der Waals surface area (Å²) in [6.07, 6.45) is 4.06. The van der Waals surface area contributed by atoms with Gasteiger partial charge in [-0.15, -0.1) is 11.8 Å². The van der Waals surface area contributed by atoms with Crippen molar-refractivity contribution in [2.75, 3.05) is 24.6 Å². The van der Waals surface area contributed by atoms with Gasteiger partial charge < -0.3 is 14.6 Å². The van der Waals surface area contributed by atoms with Gasteiger partial charge in [-0.3, -0.25) is 24.1 Å². The van der Waals surface area contributed by atoms with Crippen molar-refractivity contribution >= 4 is 62.4 Å². The Kier molecular flexibility index (Phi) is 6.83. The monoisotopic (exact) mass is 679 g/mol. The highest BCUT2D eigenvalue weighted by molar-refractivity contribution is 9.10. The van der Waals surface area contributed by atoms with Crippen LogP contribution in [0.25, 0.3) is 0 Å². The van der Waals surface area contributed by atoms with Crippen LogP contribution < -0.4 is 14.5 Å². The third kappa shape index (κ3) is 4.44. The Balaban J connectivity index is 1.11. The second-order valence-electron chi connectivity index (χ2n) is 12.3. The van der Waals surface area contributed by atoms with Crippen LogP contribution >= 0.6 is 39.0 Å². The van der Waals surface area contributed by atoms with E-state index < -0.39 is 0 Å². The number of anilines is 1. The highest BCUT2D eigenvalue weighted by atomic mass is 79.9. The van der Waals surface area contributed by atoms with E-state index in [0.29, 0.717) is 11.4 Å². The number of amides is 3. The number of aromatic amines is 1. The number of likely N-dealkylation sites (tertiary alicyclic amines) is 1. The van der Waals surface area contributed by atoms with Crippen LogP contribution in [-0.4, -0.2) is 52.6 Å². The van der Waals surface area contributed by atoms with Gasteiger partial charge in [0.1, 0.15) is 5.75 Å². The number of fused-ring (bicyclic) bond motifs is 9. The highest BCUT2D eigenvalue weighted by Crippen LogP contribution is 2.68. The molecule has 1 aromatic heterocycles. The number of nitrogens with one attached hydrogen (secondary N) is 1. The van der Waals surface area contributed by atoms with Gasteiger partial charge in [-0.2, -0.15) is 0 Å². The molecular formula is C32H30BrN3O5S2. The normalized spacial score (nSPS) is 30.8. The first-order chi connectivity index (χ1) is 20.9. The number of ether oxygens (including phenoxy) is 1. The molecule has 2 aliphatic carbocycles. The average molecular weight is 681 g/mol. The van der Waals surface area contributed by atoms with Gasteiger partial charge in [-0.1, -0.05) is 39.4 Å². The van der Waals surface area contributed by atoms with Crippen LogP contribution in [0.5, 0.6) is 5.75 Å². The largest absolute Gasteiger partial charge is 0.484 e. The summed E-state index contributed by atoms with van der Waals surface area (Å²) in [7, 11) is 0. The number of carbonyl (C=O) groups excluding carboxylic acids is 3. The Hall–Kier alpha value is -2.89. The lowest BCUT2D eigenvalue weighted by Gasteiger charge is -2.43. The van der Waals surface area contributed by atoms with Gasteiger partial charge in [-0.25, -0.2) is 0 Å². The Labute approximate surface area is 265 Å². The molecule has 2 saturated heterocycles. The molecule has 2 bridgehead atoms. The Morgan fingerprint density at radius 3 is 2.49 bits per heavy atom. The fourth-order valence-corrected chi connectivity index (χ4v) is 11.6. The predicted molar refractivity (Wildman–Crippen MR) is 167 cm³/mol. The predicted octanol–water partition coefficient (Wildman–Crippen LogP) is 5.27. The van der Waals surface area contributed by atoms with Gasteiger partial charge in [0.05, 0.1) is 22.5 Å². The molecule has 7 atom stereocenters. The van der Waals surface area contributed by atoms with E-state index in [1.165, 1.54) is 16.2 Å². The second-order valence-corrected chi connectivity index (χ2v) is 15.4. The summed E-state index contributed by atoms with van der Waals surface area (Å²) in [5.74, 6) is -0.183. The van der Waals surface area contributed by atoms with Crippen molar-refractivity contribution < 1.29 is 19.1 Å². The van der Waals surface area contributed by atoms with E-state index in [9.17, 15) is 19.2 Å². The Morgan fingerprint density at radius 2 is 1.72 bits per heavy atom. The molecule has 11 heteroatoms. The maximum absolute atomic E-state index is 14.0. The van der Waals surface area contributed by atoms with Gasteiger partial charge in [0.25, 0.3) is 5.91 Å². The molecule has 3 aromatic rings. The van der Waals surface area contributed by atoms with Crippen molar-refractivity contribution in [1.29, 1.82) is 0 Å². The molecule has 8 rings (SSSR count). The quantitative estimate of drug-likeness (QED) is 0.369. The molecule has 3 aliphatic heterocycles. The number of hydrogen-bond donors (Lipinski definition) is 1. The third-order valence-electron chi connectivity index (χ3n) is 10.1. The molecule has 0 spiro atoms. The number of rotatable bonds is 5. The number of hydrogen-bond acceptors (Lipinski definition) is 7. The van der Waals surface area contributed by atoms with Crippen LogP contribution in [-0.2, 0) is 14.4 Å². The van der Waals surface area contributed by atoms with E-state index in [2.05, 4.69) is 27.0 Å². The first-order valence-electron chi connectivity index (χ1n) is 14.9. The fraction of sp³-hybridized carbons (Fsp3) is 0.438. The number of halogens is 1. The van der Waals surface area contributed by atoms with Crippen LogP contribution in [0.3, 0.4) is 0 Å². The number of nitrogens with zero attached hydrogens (tertiary/aromatic N) is 2. The van der Waals surface area contributed by atoms with Crippen LogP contribution in [0.15, 0.2) is 62.8 Å². The Bertz CT molecular complexity index is 1680. The average Bonchev–Trinajstić information content (AvgIpc) is 3.76. The van der Waals surface area contributed by atoms with Crippen LogP contribution in [0.1, 0.15) is 42.0 Å². The number of H-pyrrole nitrogens is 1. The minimum absolute atomic E-state index is 0.00394. The standard InChI is InChI=1S/C32H30BrN3O5S2/c33-17-7-9-18(10-8-17)36-30(38)25-20-14-21(26(25)31(36)39)27-24(20)23(28-29(42-27)34-32(40)43-28)16-5-4-6-19(13-16)41-15-22(37)35-11-2-1-3-12-35/h4-10,13,20-21,23-27H,1-3,11-12,14-15H2,(H,34,40)/t20-,21-,23+,24-,25+,26+,27-/m1/s1. The molecule has 0 unspecified atom stereocenters. The molecule has 4 fully saturated rings. The number of piperidine rings is 1. The van der Waals surface area contributed by atoms with Gasteiger partial charge in [0.2, 0.25) is 11.8 Å². The number of carbonyl (C=O) groups is 3. The van der Waals surface area contributed by atoms with Gasteiger partial charge in [-0.05, 0) is 85.4 Å². The number of thioether (sulfide) groups is 1. The summed E-state index contributed by atoms with van der Waals surface area (Å²) in [6, 6.07) is 15.2. The molecular weight excluding hydrogens is 650 g/mol. The molecule has 3 amide bonds. The molecule has 2 aromatic carbocycles. The zero-order valence-corrected chi connectivity index (χ0v) is 26.5. The van der Waals surface area contributed by atoms with Crippen molar-refractivity contribution in [1.82, 2.24) is 9.88 Å². The Morgan fingerprint density at radius 1 is 0.977 bits per heavy atom. The molecule has 2 saturated carbocycles. The van der Waals surface area contributed by atoms with Gasteiger partial charge in [0, 0.05) is 33.6 Å². The lowest BCUT2D eigenvalue weighted by Crippen LogP contribution is -2.42. The molecule has 1 N–H and O–H groups in total. The zero-order chi connectivity index (χ0) is 29.4. The molecule has 5 aliphatic rings. The molecule has 43 heavy (non-hydrogen) atoms. The first-order valence-corrected chi connectivity index (χ1v) is 17.4. The molecule has 0 radical (unpaired) electrons. The first kappa shape index (κ1) is 27.6. The third-order valence-corrected chi connectivity index (χ3v) is 13.2. The smallest absolute Gasteiger partial charge is 0.305 e. The van der Waals surface area contributed by atoms with E-state index in [4.69, 9.17) is 4.74 Å². The number of thiazole rings is 1. The van der Waals surface area contributed by atoms with E-state index in [0.717, 1.165) is 58.7 Å². The molecule has 222 valence electrons. The topological polar surface area (TPSA) is 99.8 Å². The summed E-state index contributed by atoms with van der Waals surface area (Å²) in [5, 5.41) is 0.986. The van der Waals surface area contributed by atoms with E-state index in [1.807, 2.05) is 47.4 Å². The van der Waals surface area contributed by atoms with E-state index in [-0.39, 0.29) is 70.0 Å². The van der Waals surface area contributed by atoms with Crippen molar-refractivity contribution in [3.8, 4) is 5.75 Å². The lowest BCUT2D eigenvalue weighted by molar-refractivity contribution is -0.134. The van der Waals surface area contributed by atoms with Crippen LogP contribution in [0.2, 0.25) is 0 Å². The zero-order valence-electron chi connectivity index (χ0n) is 23.2. The summed E-state index contributed by atoms with van der Waals surface area (Å²) in [6.45, 7) is 1.56. The lowest BCUT2D eigenvalue weighted by atomic mass is 9.68. The van der Waals surface area contributed by atoms with Crippen LogP contribution in [0, 0.1) is 29.6 Å². The van der Waals surface area contributed by atoms with E-state index >= 15 is 0 Å². The highest BCUT2D eigenvalue weighted by Gasteiger charge is 2.69. The molecule has 8 nitrogen and oxygen atoms in total. The SMILES string of the molecule is O=C(COc1cccc([C@@H]2c3sc(=O)[nH]c3S[C@@H]3[C@@H]4C[C@@H]([C@@H]5C(=O)N(c6ccc(Br)cc6)C(=O)[C@@H]45)[C@H]23)c1)N1CCCCC1. The maximum atomic E-state index is 14.0. The minimum atomic E-state index is -0.357. The summed E-state index contributed by atoms with van der Waals surface area (Å²) < 4.78 is 6.91. The molecule has 4 heterocycles. The van der Waals surface area contributed by atoms with Crippen molar-refractivity contribution in [2.45, 2.75) is 41.9 Å². The van der Waals surface area contributed by atoms with Crippen LogP contribution in [0.4, 0.5) is 5.69 Å². The summed E-state index contributed by atoms with van der Waals surface area (Å²) >= 11 is 6.36. The maximum Gasteiger partial charge on any atom is 0.305 e. The van der Waals surface area contributed by atoms with Crippen molar-refractivity contribution in [3.63, 3.8) is 0 Å². The minimum Gasteiger partial charge on any atom is -0.484 e. The summed E-state index contributed by atoms with van der Waals surface area (Å²) in [4.78, 5) is 60.4. The van der Waals surface area contributed by atoms with Gasteiger partial charge >= 0.3 is 4.87 Å².